The molecular weight excluding hydrogens is 228 g/mol. The molecule has 1 N–H and O–H groups in total. The van der Waals surface area contributed by atoms with Gasteiger partial charge in [-0.15, -0.1) is 0 Å². The van der Waals surface area contributed by atoms with Crippen molar-refractivity contribution in [3.8, 4) is 0 Å². The summed E-state index contributed by atoms with van der Waals surface area (Å²) >= 11 is 6.05. The molecule has 0 aliphatic heterocycles. The summed E-state index contributed by atoms with van der Waals surface area (Å²) in [6, 6.07) is 0.143. The van der Waals surface area contributed by atoms with E-state index in [-0.39, 0.29) is 6.04 Å². The number of methoxy groups -OCH3 is 1. The van der Waals surface area contributed by atoms with Crippen LogP contribution in [0, 0.1) is 0 Å². The molecule has 92 valence electrons. The van der Waals surface area contributed by atoms with Gasteiger partial charge >= 0.3 is 0 Å². The van der Waals surface area contributed by atoms with E-state index in [0.717, 1.165) is 0 Å². The second-order valence-electron chi connectivity index (χ2n) is 4.63. The SMILES string of the molecule is COC(C)(C)C(O)c1c(Cl)cnn1C(C)C. The van der Waals surface area contributed by atoms with E-state index < -0.39 is 11.7 Å². The number of aromatic nitrogens is 2. The highest BCUT2D eigenvalue weighted by Crippen LogP contribution is 2.33. The molecule has 1 unspecified atom stereocenters. The van der Waals surface area contributed by atoms with Gasteiger partial charge in [0, 0.05) is 13.2 Å². The van der Waals surface area contributed by atoms with Gasteiger partial charge in [0.25, 0.3) is 0 Å². The van der Waals surface area contributed by atoms with Crippen LogP contribution in [0.25, 0.3) is 0 Å². The average molecular weight is 247 g/mol. The minimum atomic E-state index is -0.810. The van der Waals surface area contributed by atoms with Gasteiger partial charge in [0.05, 0.1) is 22.5 Å². The highest BCUT2D eigenvalue weighted by Gasteiger charge is 2.33. The third kappa shape index (κ3) is 2.39. The largest absolute Gasteiger partial charge is 0.384 e. The van der Waals surface area contributed by atoms with Crippen LogP contribution in [0.15, 0.2) is 6.20 Å². The second kappa shape index (κ2) is 4.73. The Balaban J connectivity index is 3.17. The van der Waals surface area contributed by atoms with E-state index in [1.807, 2.05) is 27.7 Å². The van der Waals surface area contributed by atoms with Crippen molar-refractivity contribution in [2.24, 2.45) is 0 Å². The maximum absolute atomic E-state index is 10.3. The summed E-state index contributed by atoms with van der Waals surface area (Å²) in [5, 5.41) is 14.9. The van der Waals surface area contributed by atoms with Crippen LogP contribution in [0.1, 0.15) is 45.5 Å². The van der Waals surface area contributed by atoms with E-state index in [1.54, 1.807) is 18.0 Å². The van der Waals surface area contributed by atoms with Gasteiger partial charge in [-0.2, -0.15) is 5.10 Å². The zero-order valence-corrected chi connectivity index (χ0v) is 11.1. The lowest BCUT2D eigenvalue weighted by molar-refractivity contribution is -0.0829. The zero-order chi connectivity index (χ0) is 12.5. The minimum absolute atomic E-state index is 0.143. The molecule has 1 atom stereocenters. The lowest BCUT2D eigenvalue weighted by Crippen LogP contribution is -2.33. The first-order chi connectivity index (χ1) is 7.31. The molecule has 0 aliphatic carbocycles. The number of ether oxygens (including phenoxy) is 1. The molecule has 16 heavy (non-hydrogen) atoms. The molecule has 0 radical (unpaired) electrons. The highest BCUT2D eigenvalue weighted by atomic mass is 35.5. The minimum Gasteiger partial charge on any atom is -0.384 e. The normalized spacial score (nSPS) is 14.5. The highest BCUT2D eigenvalue weighted by molar-refractivity contribution is 6.31. The maximum atomic E-state index is 10.3. The Labute approximate surface area is 101 Å². The summed E-state index contributed by atoms with van der Waals surface area (Å²) < 4.78 is 6.98. The van der Waals surface area contributed by atoms with Crippen LogP contribution in [0.2, 0.25) is 5.02 Å². The monoisotopic (exact) mass is 246 g/mol. The van der Waals surface area contributed by atoms with Gasteiger partial charge in [0.15, 0.2) is 0 Å². The molecule has 0 aliphatic rings. The van der Waals surface area contributed by atoms with Gasteiger partial charge in [-0.25, -0.2) is 0 Å². The molecule has 0 amide bonds. The van der Waals surface area contributed by atoms with Crippen molar-refractivity contribution in [2.75, 3.05) is 7.11 Å². The summed E-state index contributed by atoms with van der Waals surface area (Å²) in [5.41, 5.74) is -0.0976. The summed E-state index contributed by atoms with van der Waals surface area (Å²) in [6.07, 6.45) is 0.737. The number of hydrogen-bond donors (Lipinski definition) is 1. The summed E-state index contributed by atoms with van der Waals surface area (Å²) in [7, 11) is 1.56. The molecule has 4 nitrogen and oxygen atoms in total. The number of halogens is 1. The van der Waals surface area contributed by atoms with Crippen LogP contribution in [0.3, 0.4) is 0 Å². The molecule has 5 heteroatoms. The van der Waals surface area contributed by atoms with E-state index in [1.165, 1.54) is 0 Å². The van der Waals surface area contributed by atoms with Gasteiger partial charge in [-0.1, -0.05) is 11.6 Å². The molecule has 1 rings (SSSR count). The summed E-state index contributed by atoms with van der Waals surface area (Å²) in [6.45, 7) is 7.59. The fourth-order valence-corrected chi connectivity index (χ4v) is 1.69. The Bertz CT molecular complexity index is 361. The number of nitrogens with zero attached hydrogens (tertiary/aromatic N) is 2. The van der Waals surface area contributed by atoms with Crippen LogP contribution in [0.5, 0.6) is 0 Å². The molecule has 1 heterocycles. The molecule has 0 bridgehead atoms. The third-order valence-electron chi connectivity index (χ3n) is 2.72. The molecule has 1 aromatic rings. The van der Waals surface area contributed by atoms with Gasteiger partial charge in [0.2, 0.25) is 0 Å². The first kappa shape index (κ1) is 13.5. The quantitative estimate of drug-likeness (QED) is 0.888. The number of rotatable bonds is 4. The first-order valence-corrected chi connectivity index (χ1v) is 5.65. The maximum Gasteiger partial charge on any atom is 0.125 e. The van der Waals surface area contributed by atoms with Crippen molar-refractivity contribution in [3.63, 3.8) is 0 Å². The number of aliphatic hydroxyl groups excluding tert-OH is 1. The van der Waals surface area contributed by atoms with E-state index in [4.69, 9.17) is 16.3 Å². The van der Waals surface area contributed by atoms with E-state index >= 15 is 0 Å². The zero-order valence-electron chi connectivity index (χ0n) is 10.4. The molecule has 1 aromatic heterocycles. The van der Waals surface area contributed by atoms with E-state index in [0.29, 0.717) is 10.7 Å². The Morgan fingerprint density at radius 3 is 2.50 bits per heavy atom. The van der Waals surface area contributed by atoms with Gasteiger partial charge in [0.1, 0.15) is 6.10 Å². The molecule has 0 saturated heterocycles. The molecule has 0 fully saturated rings. The predicted octanol–water partition coefficient (Wildman–Crippen LogP) is 2.58. The molecular formula is C11H19ClN2O2. The van der Waals surface area contributed by atoms with E-state index in [2.05, 4.69) is 5.10 Å². The Hall–Kier alpha value is -0.580. The van der Waals surface area contributed by atoms with Crippen molar-refractivity contribution in [1.29, 1.82) is 0 Å². The fourth-order valence-electron chi connectivity index (χ4n) is 1.46. The standard InChI is InChI=1S/C11H19ClN2O2/c1-7(2)14-9(8(12)6-13-14)10(15)11(3,4)16-5/h6-7,10,15H,1-5H3. The Kier molecular flexibility index (Phi) is 3.99. The Morgan fingerprint density at radius 1 is 1.50 bits per heavy atom. The van der Waals surface area contributed by atoms with Gasteiger partial charge in [-0.05, 0) is 27.7 Å². The topological polar surface area (TPSA) is 47.3 Å². The van der Waals surface area contributed by atoms with Gasteiger partial charge in [-0.3, -0.25) is 4.68 Å². The number of aliphatic hydroxyl groups is 1. The Morgan fingerprint density at radius 2 is 2.06 bits per heavy atom. The lowest BCUT2D eigenvalue weighted by Gasteiger charge is -2.30. The number of hydrogen-bond acceptors (Lipinski definition) is 3. The van der Waals surface area contributed by atoms with Crippen molar-refractivity contribution in [3.05, 3.63) is 16.9 Å². The first-order valence-electron chi connectivity index (χ1n) is 5.27. The predicted molar refractivity (Wildman–Crippen MR) is 63.7 cm³/mol. The van der Waals surface area contributed by atoms with Crippen LogP contribution < -0.4 is 0 Å². The molecule has 0 spiro atoms. The summed E-state index contributed by atoms with van der Waals surface area (Å²) in [4.78, 5) is 0. The second-order valence-corrected chi connectivity index (χ2v) is 5.03. The average Bonchev–Trinajstić information content (AvgIpc) is 2.59. The van der Waals surface area contributed by atoms with Crippen molar-refractivity contribution in [1.82, 2.24) is 9.78 Å². The smallest absolute Gasteiger partial charge is 0.125 e. The van der Waals surface area contributed by atoms with Crippen molar-refractivity contribution >= 4 is 11.6 Å². The fraction of sp³-hybridized carbons (Fsp3) is 0.727. The van der Waals surface area contributed by atoms with Crippen LogP contribution in [-0.4, -0.2) is 27.6 Å². The molecule has 0 aromatic carbocycles. The lowest BCUT2D eigenvalue weighted by atomic mass is 9.98. The third-order valence-corrected chi connectivity index (χ3v) is 3.01. The molecule has 0 saturated carbocycles. The summed E-state index contributed by atoms with van der Waals surface area (Å²) in [5.74, 6) is 0. The van der Waals surface area contributed by atoms with E-state index in [9.17, 15) is 5.11 Å². The van der Waals surface area contributed by atoms with Crippen LogP contribution in [-0.2, 0) is 4.74 Å². The van der Waals surface area contributed by atoms with Crippen LogP contribution in [0.4, 0.5) is 0 Å². The van der Waals surface area contributed by atoms with Crippen LogP contribution >= 0.6 is 11.6 Å². The van der Waals surface area contributed by atoms with Crippen molar-refractivity contribution in [2.45, 2.75) is 45.4 Å². The van der Waals surface area contributed by atoms with Crippen molar-refractivity contribution < 1.29 is 9.84 Å². The van der Waals surface area contributed by atoms with Gasteiger partial charge < -0.3 is 9.84 Å².